The molecule has 1 aliphatic rings. The van der Waals surface area contributed by atoms with Gasteiger partial charge in [-0.3, -0.25) is 0 Å². The first-order valence-electron chi connectivity index (χ1n) is 6.15. The van der Waals surface area contributed by atoms with Crippen LogP contribution in [0.3, 0.4) is 0 Å². The van der Waals surface area contributed by atoms with Crippen LogP contribution in [0.2, 0.25) is 0 Å². The Morgan fingerprint density at radius 1 is 1.47 bits per heavy atom. The molecule has 1 aliphatic heterocycles. The zero-order valence-corrected chi connectivity index (χ0v) is 10.1. The summed E-state index contributed by atoms with van der Waals surface area (Å²) in [6, 6.07) is 0. The molecule has 0 aromatic rings. The van der Waals surface area contributed by atoms with Crippen LogP contribution in [0.5, 0.6) is 0 Å². The number of hydrogen-bond acceptors (Lipinski definition) is 3. The predicted molar refractivity (Wildman–Crippen MR) is 62.0 cm³/mol. The van der Waals surface area contributed by atoms with Gasteiger partial charge < -0.3 is 14.7 Å². The lowest BCUT2D eigenvalue weighted by molar-refractivity contribution is 0.0854. The molecule has 1 N–H and O–H groups in total. The Hall–Kier alpha value is -0.120. The van der Waals surface area contributed by atoms with E-state index in [1.54, 1.807) is 7.11 Å². The number of hydrogen-bond donors (Lipinski definition) is 1. The molecule has 0 spiro atoms. The highest BCUT2D eigenvalue weighted by molar-refractivity contribution is 4.73. The van der Waals surface area contributed by atoms with Gasteiger partial charge >= 0.3 is 0 Å². The van der Waals surface area contributed by atoms with Crippen LogP contribution in [-0.4, -0.2) is 49.5 Å². The maximum Gasteiger partial charge on any atom is 0.0664 e. The molecule has 0 aromatic heterocycles. The highest BCUT2D eigenvalue weighted by Crippen LogP contribution is 2.17. The summed E-state index contributed by atoms with van der Waals surface area (Å²) in [4.78, 5) is 2.39. The molecule has 0 bridgehead atoms. The van der Waals surface area contributed by atoms with E-state index in [2.05, 4.69) is 4.90 Å². The number of aliphatic hydroxyl groups is 1. The van der Waals surface area contributed by atoms with Gasteiger partial charge in [0.2, 0.25) is 0 Å². The Kier molecular flexibility index (Phi) is 6.22. The van der Waals surface area contributed by atoms with Gasteiger partial charge in [0, 0.05) is 20.2 Å². The molecule has 90 valence electrons. The second-order valence-corrected chi connectivity index (χ2v) is 4.64. The van der Waals surface area contributed by atoms with Crippen molar-refractivity contribution in [2.24, 2.45) is 5.92 Å². The maximum atomic E-state index is 9.65. The van der Waals surface area contributed by atoms with E-state index in [9.17, 15) is 5.11 Å². The van der Waals surface area contributed by atoms with E-state index < -0.39 is 0 Å². The largest absolute Gasteiger partial charge is 0.392 e. The number of nitrogens with zero attached hydrogens (tertiary/aromatic N) is 1. The minimum atomic E-state index is -0.161. The molecule has 0 aliphatic carbocycles. The number of likely N-dealkylation sites (tertiary alicyclic amines) is 1. The summed E-state index contributed by atoms with van der Waals surface area (Å²) in [5.41, 5.74) is 0. The number of β-amino-alcohol motifs (C(OH)–C–C–N with tert-alkyl or cyclic N) is 1. The highest BCUT2D eigenvalue weighted by atomic mass is 16.5. The van der Waals surface area contributed by atoms with Crippen molar-refractivity contribution in [1.29, 1.82) is 0 Å². The first kappa shape index (κ1) is 12.9. The van der Waals surface area contributed by atoms with E-state index >= 15 is 0 Å². The van der Waals surface area contributed by atoms with E-state index in [0.29, 0.717) is 5.92 Å². The molecule has 0 amide bonds. The highest BCUT2D eigenvalue weighted by Gasteiger charge is 2.19. The average Bonchev–Trinajstić information content (AvgIpc) is 2.44. The number of ether oxygens (including phenoxy) is 1. The monoisotopic (exact) mass is 215 g/mol. The lowest BCUT2D eigenvalue weighted by Crippen LogP contribution is -2.36. The summed E-state index contributed by atoms with van der Waals surface area (Å²) in [7, 11) is 1.77. The van der Waals surface area contributed by atoms with Crippen molar-refractivity contribution in [2.75, 3.05) is 33.4 Å². The van der Waals surface area contributed by atoms with Crippen molar-refractivity contribution >= 4 is 0 Å². The van der Waals surface area contributed by atoms with Gasteiger partial charge in [0.25, 0.3) is 0 Å². The Morgan fingerprint density at radius 3 is 2.93 bits per heavy atom. The molecule has 3 heteroatoms. The van der Waals surface area contributed by atoms with Crippen LogP contribution in [0, 0.1) is 5.92 Å². The minimum absolute atomic E-state index is 0.161. The first-order valence-corrected chi connectivity index (χ1v) is 6.15. The smallest absolute Gasteiger partial charge is 0.0664 e. The third-order valence-corrected chi connectivity index (χ3v) is 3.20. The molecular weight excluding hydrogens is 190 g/mol. The Balaban J connectivity index is 2.35. The molecular formula is C12H25NO2. The molecule has 1 heterocycles. The third kappa shape index (κ3) is 4.96. The van der Waals surface area contributed by atoms with Crippen LogP contribution in [-0.2, 0) is 4.74 Å². The summed E-state index contributed by atoms with van der Waals surface area (Å²) in [6.45, 7) is 5.95. The summed E-state index contributed by atoms with van der Waals surface area (Å²) in [5.74, 6) is 0.654. The van der Waals surface area contributed by atoms with Gasteiger partial charge in [-0.15, -0.1) is 0 Å². The SMILES string of the molecule is CC[C@H](O)CN1CCCC[C@@H](COC)C1. The lowest BCUT2D eigenvalue weighted by Gasteiger charge is -2.25. The molecule has 1 saturated heterocycles. The van der Waals surface area contributed by atoms with Crippen molar-refractivity contribution in [2.45, 2.75) is 38.7 Å². The topological polar surface area (TPSA) is 32.7 Å². The van der Waals surface area contributed by atoms with Gasteiger partial charge in [-0.2, -0.15) is 0 Å². The van der Waals surface area contributed by atoms with E-state index in [0.717, 1.165) is 32.7 Å². The van der Waals surface area contributed by atoms with Crippen LogP contribution in [0.4, 0.5) is 0 Å². The van der Waals surface area contributed by atoms with Crippen molar-refractivity contribution in [3.63, 3.8) is 0 Å². The average molecular weight is 215 g/mol. The number of rotatable bonds is 5. The summed E-state index contributed by atoms with van der Waals surface area (Å²) < 4.78 is 5.23. The normalized spacial score (nSPS) is 26.2. The summed E-state index contributed by atoms with van der Waals surface area (Å²) in [6.07, 6.45) is 4.52. The van der Waals surface area contributed by atoms with Gasteiger partial charge in [-0.05, 0) is 31.7 Å². The van der Waals surface area contributed by atoms with Gasteiger partial charge in [0.1, 0.15) is 0 Å². The van der Waals surface area contributed by atoms with E-state index in [1.165, 1.54) is 19.3 Å². The second kappa shape index (κ2) is 7.20. The Bertz CT molecular complexity index is 164. The van der Waals surface area contributed by atoms with Gasteiger partial charge in [-0.1, -0.05) is 13.3 Å². The van der Waals surface area contributed by atoms with Crippen LogP contribution < -0.4 is 0 Å². The molecule has 1 fully saturated rings. The minimum Gasteiger partial charge on any atom is -0.392 e. The first-order chi connectivity index (χ1) is 7.26. The third-order valence-electron chi connectivity index (χ3n) is 3.20. The van der Waals surface area contributed by atoms with Crippen molar-refractivity contribution in [3.8, 4) is 0 Å². The fourth-order valence-corrected chi connectivity index (χ4v) is 2.28. The van der Waals surface area contributed by atoms with E-state index in [4.69, 9.17) is 4.74 Å². The van der Waals surface area contributed by atoms with Crippen LogP contribution in [0.25, 0.3) is 0 Å². The second-order valence-electron chi connectivity index (χ2n) is 4.64. The van der Waals surface area contributed by atoms with E-state index in [-0.39, 0.29) is 6.10 Å². The van der Waals surface area contributed by atoms with Gasteiger partial charge in [-0.25, -0.2) is 0 Å². The maximum absolute atomic E-state index is 9.65. The zero-order valence-electron chi connectivity index (χ0n) is 10.1. The molecule has 3 nitrogen and oxygen atoms in total. The standard InChI is InChI=1S/C12H25NO2/c1-3-12(14)9-13-7-5-4-6-11(8-13)10-15-2/h11-12,14H,3-10H2,1-2H3/t11-,12+/m1/s1. The quantitative estimate of drug-likeness (QED) is 0.754. The lowest BCUT2D eigenvalue weighted by atomic mass is 10.0. The zero-order chi connectivity index (χ0) is 11.1. The van der Waals surface area contributed by atoms with Crippen molar-refractivity contribution < 1.29 is 9.84 Å². The molecule has 0 aromatic carbocycles. The van der Waals surface area contributed by atoms with Gasteiger partial charge in [0.05, 0.1) is 12.7 Å². The Labute approximate surface area is 93.4 Å². The van der Waals surface area contributed by atoms with Crippen molar-refractivity contribution in [3.05, 3.63) is 0 Å². The van der Waals surface area contributed by atoms with Crippen LogP contribution >= 0.6 is 0 Å². The molecule has 0 radical (unpaired) electrons. The van der Waals surface area contributed by atoms with Gasteiger partial charge in [0.15, 0.2) is 0 Å². The summed E-state index contributed by atoms with van der Waals surface area (Å²) in [5, 5.41) is 9.65. The molecule has 0 unspecified atom stereocenters. The number of methoxy groups -OCH3 is 1. The predicted octanol–water partition coefficient (Wildman–Crippen LogP) is 1.51. The van der Waals surface area contributed by atoms with Crippen molar-refractivity contribution in [1.82, 2.24) is 4.90 Å². The number of aliphatic hydroxyl groups excluding tert-OH is 1. The molecule has 0 saturated carbocycles. The summed E-state index contributed by atoms with van der Waals surface area (Å²) >= 11 is 0. The molecule has 1 rings (SSSR count). The van der Waals surface area contributed by atoms with E-state index in [1.807, 2.05) is 6.92 Å². The van der Waals surface area contributed by atoms with Crippen LogP contribution in [0.15, 0.2) is 0 Å². The fourth-order valence-electron chi connectivity index (χ4n) is 2.28. The fraction of sp³-hybridized carbons (Fsp3) is 1.00. The molecule has 15 heavy (non-hydrogen) atoms. The Morgan fingerprint density at radius 2 is 2.27 bits per heavy atom. The van der Waals surface area contributed by atoms with Crippen LogP contribution in [0.1, 0.15) is 32.6 Å². The molecule has 2 atom stereocenters.